The van der Waals surface area contributed by atoms with Crippen LogP contribution in [0.4, 0.5) is 0 Å². The van der Waals surface area contributed by atoms with Crippen molar-refractivity contribution < 1.29 is 13.2 Å². The molecule has 1 aromatic heterocycles. The van der Waals surface area contributed by atoms with E-state index in [1.807, 2.05) is 0 Å². The molecule has 0 radical (unpaired) electrons. The van der Waals surface area contributed by atoms with E-state index in [4.69, 9.17) is 27.9 Å². The minimum atomic E-state index is -3.67. The zero-order chi connectivity index (χ0) is 14.8. The van der Waals surface area contributed by atoms with E-state index in [1.54, 1.807) is 18.2 Å². The van der Waals surface area contributed by atoms with Gasteiger partial charge in [0.25, 0.3) is 10.0 Å². The van der Waals surface area contributed by atoms with Crippen molar-refractivity contribution in [2.75, 3.05) is 7.11 Å². The molecule has 0 saturated carbocycles. The summed E-state index contributed by atoms with van der Waals surface area (Å²) in [6.07, 6.45) is 1.21. The Balaban J connectivity index is 2.21. The fourth-order valence-electron chi connectivity index (χ4n) is 1.50. The van der Waals surface area contributed by atoms with Crippen molar-refractivity contribution >= 4 is 44.6 Å². The van der Waals surface area contributed by atoms with Gasteiger partial charge in [-0.05, 0) is 12.1 Å². The highest BCUT2D eigenvalue weighted by molar-refractivity contribution is 7.91. The molecule has 1 heterocycles. The highest BCUT2D eigenvalue weighted by Crippen LogP contribution is 2.27. The Morgan fingerprint density at radius 3 is 2.75 bits per heavy atom. The van der Waals surface area contributed by atoms with Gasteiger partial charge in [0.1, 0.15) is 5.75 Å². The minimum Gasteiger partial charge on any atom is -0.496 e. The number of rotatable bonds is 5. The fourth-order valence-corrected chi connectivity index (χ4v) is 4.07. The van der Waals surface area contributed by atoms with Crippen molar-refractivity contribution in [1.82, 2.24) is 9.71 Å². The van der Waals surface area contributed by atoms with E-state index in [2.05, 4.69) is 9.71 Å². The first kappa shape index (κ1) is 15.5. The first-order valence-corrected chi connectivity index (χ1v) is 8.42. The first-order chi connectivity index (χ1) is 9.44. The van der Waals surface area contributed by atoms with Crippen LogP contribution in [0.5, 0.6) is 5.75 Å². The van der Waals surface area contributed by atoms with Crippen molar-refractivity contribution in [3.8, 4) is 5.75 Å². The molecule has 0 aliphatic heterocycles. The van der Waals surface area contributed by atoms with Crippen LogP contribution in [0.2, 0.25) is 9.49 Å². The van der Waals surface area contributed by atoms with Crippen LogP contribution in [0, 0.1) is 0 Å². The third-order valence-corrected chi connectivity index (χ3v) is 5.79. The average molecular weight is 353 g/mol. The summed E-state index contributed by atoms with van der Waals surface area (Å²) < 4.78 is 31.9. The molecule has 108 valence electrons. The molecular weight excluding hydrogens is 343 g/mol. The van der Waals surface area contributed by atoms with Crippen LogP contribution in [0.15, 0.2) is 28.6 Å². The number of ether oxygens (including phenoxy) is 1. The number of halogens is 2. The molecular formula is C11H10Cl2N2O3S2. The summed E-state index contributed by atoms with van der Waals surface area (Å²) in [6.45, 7) is 0.0146. The van der Waals surface area contributed by atoms with Gasteiger partial charge in [-0.3, -0.25) is 0 Å². The summed E-state index contributed by atoms with van der Waals surface area (Å²) in [5.41, 5.74) is 0.566. The lowest BCUT2D eigenvalue weighted by molar-refractivity contribution is 0.409. The van der Waals surface area contributed by atoms with Crippen LogP contribution in [0.1, 0.15) is 5.56 Å². The third-order valence-electron chi connectivity index (χ3n) is 2.46. The molecule has 2 rings (SSSR count). The molecule has 0 aliphatic rings. The predicted molar refractivity (Wildman–Crippen MR) is 79.2 cm³/mol. The molecule has 0 saturated heterocycles. The Bertz CT molecular complexity index is 716. The molecule has 0 unspecified atom stereocenters. The van der Waals surface area contributed by atoms with E-state index in [9.17, 15) is 8.42 Å². The predicted octanol–water partition coefficient (Wildman–Crippen LogP) is 2.94. The van der Waals surface area contributed by atoms with Gasteiger partial charge in [0, 0.05) is 17.1 Å². The molecule has 0 amide bonds. The van der Waals surface area contributed by atoms with Crippen molar-refractivity contribution in [2.24, 2.45) is 0 Å². The normalized spacial score (nSPS) is 11.6. The Morgan fingerprint density at radius 1 is 1.40 bits per heavy atom. The number of hydrogen-bond acceptors (Lipinski definition) is 5. The van der Waals surface area contributed by atoms with E-state index < -0.39 is 10.0 Å². The zero-order valence-electron chi connectivity index (χ0n) is 10.3. The van der Waals surface area contributed by atoms with Gasteiger partial charge >= 0.3 is 0 Å². The lowest BCUT2D eigenvalue weighted by Gasteiger charge is -2.11. The summed E-state index contributed by atoms with van der Waals surface area (Å²) in [4.78, 5) is 3.70. The molecule has 0 spiro atoms. The second kappa shape index (κ2) is 6.28. The van der Waals surface area contributed by atoms with Crippen molar-refractivity contribution in [1.29, 1.82) is 0 Å². The average Bonchev–Trinajstić information content (AvgIpc) is 2.84. The molecule has 0 fully saturated rings. The number of sulfonamides is 1. The van der Waals surface area contributed by atoms with Crippen LogP contribution in [-0.4, -0.2) is 20.5 Å². The lowest BCUT2D eigenvalue weighted by Crippen LogP contribution is -2.22. The van der Waals surface area contributed by atoms with Gasteiger partial charge in [0.2, 0.25) is 0 Å². The SMILES string of the molecule is COc1cccc(Cl)c1CNS(=O)(=O)c1cnc(Cl)s1. The highest BCUT2D eigenvalue weighted by Gasteiger charge is 2.19. The van der Waals surface area contributed by atoms with Gasteiger partial charge in [-0.15, -0.1) is 0 Å². The Hall–Kier alpha value is -0.860. The lowest BCUT2D eigenvalue weighted by atomic mass is 10.2. The van der Waals surface area contributed by atoms with E-state index in [0.717, 1.165) is 11.3 Å². The van der Waals surface area contributed by atoms with Gasteiger partial charge in [-0.2, -0.15) is 0 Å². The smallest absolute Gasteiger partial charge is 0.252 e. The Kier molecular flexibility index (Phi) is 4.87. The van der Waals surface area contributed by atoms with Crippen molar-refractivity contribution in [2.45, 2.75) is 10.8 Å². The van der Waals surface area contributed by atoms with E-state index in [1.165, 1.54) is 13.3 Å². The maximum atomic E-state index is 12.0. The van der Waals surface area contributed by atoms with Crippen LogP contribution in [0.25, 0.3) is 0 Å². The number of nitrogens with one attached hydrogen (secondary N) is 1. The molecule has 0 aliphatic carbocycles. The summed E-state index contributed by atoms with van der Waals surface area (Å²) in [6, 6.07) is 5.10. The molecule has 0 bridgehead atoms. The van der Waals surface area contributed by atoms with Gasteiger partial charge < -0.3 is 4.74 Å². The Labute approximate surface area is 130 Å². The number of hydrogen-bond donors (Lipinski definition) is 1. The van der Waals surface area contributed by atoms with E-state index in [0.29, 0.717) is 16.3 Å². The number of thiazole rings is 1. The molecule has 2 aromatic rings. The highest BCUT2D eigenvalue weighted by atomic mass is 35.5. The van der Waals surface area contributed by atoms with Crippen LogP contribution in [-0.2, 0) is 16.6 Å². The number of methoxy groups -OCH3 is 1. The van der Waals surface area contributed by atoms with Crippen LogP contribution < -0.4 is 9.46 Å². The summed E-state index contributed by atoms with van der Waals surface area (Å²) >= 11 is 12.6. The fraction of sp³-hybridized carbons (Fsp3) is 0.182. The first-order valence-electron chi connectivity index (χ1n) is 5.36. The number of benzene rings is 1. The third kappa shape index (κ3) is 3.42. The molecule has 9 heteroatoms. The standard InChI is InChI=1S/C11H10Cl2N2O3S2/c1-18-9-4-2-3-8(12)7(9)5-15-20(16,17)10-6-14-11(13)19-10/h2-4,6,15H,5H2,1H3. The molecule has 1 aromatic carbocycles. The van der Waals surface area contributed by atoms with Crippen molar-refractivity contribution in [3.05, 3.63) is 39.4 Å². The molecule has 0 atom stereocenters. The second-order valence-corrected chi connectivity index (χ2v) is 7.69. The van der Waals surface area contributed by atoms with Gasteiger partial charge in [0.05, 0.1) is 13.3 Å². The number of nitrogens with zero attached hydrogens (tertiary/aromatic N) is 1. The maximum absolute atomic E-state index is 12.0. The zero-order valence-corrected chi connectivity index (χ0v) is 13.4. The van der Waals surface area contributed by atoms with Crippen LogP contribution in [0.3, 0.4) is 0 Å². The van der Waals surface area contributed by atoms with E-state index >= 15 is 0 Å². The maximum Gasteiger partial charge on any atom is 0.252 e. The Morgan fingerprint density at radius 2 is 2.15 bits per heavy atom. The molecule has 20 heavy (non-hydrogen) atoms. The van der Waals surface area contributed by atoms with Gasteiger partial charge in [0.15, 0.2) is 8.68 Å². The topological polar surface area (TPSA) is 68.3 Å². The minimum absolute atomic E-state index is 0.0146. The summed E-state index contributed by atoms with van der Waals surface area (Å²) in [5.74, 6) is 0.516. The van der Waals surface area contributed by atoms with Gasteiger partial charge in [-0.25, -0.2) is 18.1 Å². The van der Waals surface area contributed by atoms with Crippen molar-refractivity contribution in [3.63, 3.8) is 0 Å². The molecule has 5 nitrogen and oxygen atoms in total. The summed E-state index contributed by atoms with van der Waals surface area (Å²) in [7, 11) is -2.18. The number of aromatic nitrogens is 1. The molecule has 1 N–H and O–H groups in total. The summed E-state index contributed by atoms with van der Waals surface area (Å²) in [5, 5.41) is 0.425. The van der Waals surface area contributed by atoms with Crippen LogP contribution >= 0.6 is 34.5 Å². The monoisotopic (exact) mass is 352 g/mol. The second-order valence-electron chi connectivity index (χ2n) is 3.68. The quantitative estimate of drug-likeness (QED) is 0.897. The van der Waals surface area contributed by atoms with E-state index in [-0.39, 0.29) is 15.2 Å². The largest absolute Gasteiger partial charge is 0.496 e. The van der Waals surface area contributed by atoms with Gasteiger partial charge in [-0.1, -0.05) is 40.6 Å².